The van der Waals surface area contributed by atoms with Crippen LogP contribution < -0.4 is 15.5 Å². The molecule has 0 aliphatic heterocycles. The van der Waals surface area contributed by atoms with Gasteiger partial charge in [0.2, 0.25) is 0 Å². The van der Waals surface area contributed by atoms with Crippen molar-refractivity contribution in [3.8, 4) is 5.75 Å². The van der Waals surface area contributed by atoms with Gasteiger partial charge in [-0.3, -0.25) is 9.59 Å². The lowest BCUT2D eigenvalue weighted by molar-refractivity contribution is -0.136. The lowest BCUT2D eigenvalue weighted by Gasteiger charge is -2.07. The predicted molar refractivity (Wildman–Crippen MR) is 103 cm³/mol. The van der Waals surface area contributed by atoms with Gasteiger partial charge in [0.05, 0.1) is 12.8 Å². The van der Waals surface area contributed by atoms with Crippen molar-refractivity contribution < 1.29 is 14.3 Å². The standard InChI is InChI=1S/C19H20ClN3O3/c1-3-10-26-16-7-4-14(5-8-16)12-21-23-19(25)18(24)22-17-9-6-15(20)11-13(17)2/h4-9,11-12H,3,10H2,1-2H3,(H,22,24)(H,23,25)/b21-12-. The van der Waals surface area contributed by atoms with Crippen molar-refractivity contribution in [2.75, 3.05) is 11.9 Å². The normalized spacial score (nSPS) is 10.6. The van der Waals surface area contributed by atoms with Gasteiger partial charge in [-0.05, 0) is 66.9 Å². The molecular weight excluding hydrogens is 354 g/mol. The van der Waals surface area contributed by atoms with Gasteiger partial charge in [-0.25, -0.2) is 5.43 Å². The molecule has 0 bridgehead atoms. The molecule has 0 unspecified atom stereocenters. The van der Waals surface area contributed by atoms with Crippen LogP contribution in [0.1, 0.15) is 24.5 Å². The van der Waals surface area contributed by atoms with Crippen LogP contribution in [0, 0.1) is 6.92 Å². The highest BCUT2D eigenvalue weighted by molar-refractivity contribution is 6.39. The van der Waals surface area contributed by atoms with E-state index in [0.29, 0.717) is 17.3 Å². The van der Waals surface area contributed by atoms with E-state index < -0.39 is 11.8 Å². The van der Waals surface area contributed by atoms with Gasteiger partial charge < -0.3 is 10.1 Å². The van der Waals surface area contributed by atoms with E-state index in [9.17, 15) is 9.59 Å². The molecule has 0 saturated heterocycles. The van der Waals surface area contributed by atoms with E-state index in [4.69, 9.17) is 16.3 Å². The first-order valence-corrected chi connectivity index (χ1v) is 8.50. The molecule has 2 amide bonds. The summed E-state index contributed by atoms with van der Waals surface area (Å²) in [7, 11) is 0. The molecule has 0 saturated carbocycles. The molecule has 0 radical (unpaired) electrons. The molecule has 0 aliphatic rings. The third-order valence-corrected chi connectivity index (χ3v) is 3.61. The second kappa shape index (κ2) is 9.58. The molecule has 6 nitrogen and oxygen atoms in total. The Morgan fingerprint density at radius 3 is 2.54 bits per heavy atom. The SMILES string of the molecule is CCCOc1ccc(/C=N\NC(=O)C(=O)Nc2ccc(Cl)cc2C)cc1. The molecule has 0 aliphatic carbocycles. The van der Waals surface area contributed by atoms with Crippen LogP contribution in [-0.4, -0.2) is 24.6 Å². The van der Waals surface area contributed by atoms with Crippen LogP contribution in [0.15, 0.2) is 47.6 Å². The van der Waals surface area contributed by atoms with Crippen molar-refractivity contribution in [1.82, 2.24) is 5.43 Å². The molecule has 2 rings (SSSR count). The number of carbonyl (C=O) groups excluding carboxylic acids is 2. The van der Waals surface area contributed by atoms with Crippen LogP contribution in [0.2, 0.25) is 5.02 Å². The Hall–Kier alpha value is -2.86. The predicted octanol–water partition coefficient (Wildman–Crippen LogP) is 3.53. The number of benzene rings is 2. The second-order valence-electron chi connectivity index (χ2n) is 5.53. The fourth-order valence-corrected chi connectivity index (χ4v) is 2.26. The van der Waals surface area contributed by atoms with Gasteiger partial charge in [0.25, 0.3) is 0 Å². The average Bonchev–Trinajstić information content (AvgIpc) is 2.63. The number of anilines is 1. The van der Waals surface area contributed by atoms with Gasteiger partial charge in [0.1, 0.15) is 5.75 Å². The summed E-state index contributed by atoms with van der Waals surface area (Å²) in [6, 6.07) is 12.2. The molecule has 2 N–H and O–H groups in total. The van der Waals surface area contributed by atoms with Crippen molar-refractivity contribution >= 4 is 35.3 Å². The molecule has 0 heterocycles. The summed E-state index contributed by atoms with van der Waals surface area (Å²) in [5, 5.41) is 6.85. The fourth-order valence-electron chi connectivity index (χ4n) is 2.03. The summed E-state index contributed by atoms with van der Waals surface area (Å²) in [6.45, 7) is 4.48. The molecule has 136 valence electrons. The summed E-state index contributed by atoms with van der Waals surface area (Å²) in [6.07, 6.45) is 2.38. The van der Waals surface area contributed by atoms with E-state index in [2.05, 4.69) is 15.8 Å². The van der Waals surface area contributed by atoms with Crippen molar-refractivity contribution in [3.05, 3.63) is 58.6 Å². The maximum absolute atomic E-state index is 11.9. The van der Waals surface area contributed by atoms with E-state index >= 15 is 0 Å². The highest BCUT2D eigenvalue weighted by Gasteiger charge is 2.13. The van der Waals surface area contributed by atoms with Crippen molar-refractivity contribution in [2.45, 2.75) is 20.3 Å². The van der Waals surface area contributed by atoms with Gasteiger partial charge in [0.15, 0.2) is 0 Å². The Bertz CT molecular complexity index is 804. The zero-order valence-electron chi connectivity index (χ0n) is 14.6. The first-order chi connectivity index (χ1) is 12.5. The maximum atomic E-state index is 11.9. The second-order valence-corrected chi connectivity index (χ2v) is 5.97. The Kier molecular flexibility index (Phi) is 7.17. The third kappa shape index (κ3) is 5.89. The largest absolute Gasteiger partial charge is 0.494 e. The lowest BCUT2D eigenvalue weighted by atomic mass is 10.2. The van der Waals surface area contributed by atoms with Crippen molar-refractivity contribution in [3.63, 3.8) is 0 Å². The van der Waals surface area contributed by atoms with E-state index in [-0.39, 0.29) is 0 Å². The number of nitrogens with one attached hydrogen (secondary N) is 2. The van der Waals surface area contributed by atoms with E-state index in [1.165, 1.54) is 6.21 Å². The van der Waals surface area contributed by atoms with Crippen LogP contribution >= 0.6 is 11.6 Å². The number of hydrazone groups is 1. The molecule has 0 fully saturated rings. The van der Waals surface area contributed by atoms with Crippen LogP contribution in [0.3, 0.4) is 0 Å². The first-order valence-electron chi connectivity index (χ1n) is 8.13. The molecule has 2 aromatic rings. The quantitative estimate of drug-likeness (QED) is 0.462. The average molecular weight is 374 g/mol. The minimum absolute atomic E-state index is 0.515. The summed E-state index contributed by atoms with van der Waals surface area (Å²) in [5.74, 6) is -0.903. The highest BCUT2D eigenvalue weighted by Crippen LogP contribution is 2.19. The van der Waals surface area contributed by atoms with Crippen molar-refractivity contribution in [2.24, 2.45) is 5.10 Å². The van der Waals surface area contributed by atoms with Gasteiger partial charge in [-0.2, -0.15) is 5.10 Å². The monoisotopic (exact) mass is 373 g/mol. The third-order valence-electron chi connectivity index (χ3n) is 3.38. The zero-order chi connectivity index (χ0) is 18.9. The Labute approximate surface area is 157 Å². The molecule has 0 atom stereocenters. The molecule has 26 heavy (non-hydrogen) atoms. The number of rotatable bonds is 6. The molecule has 2 aromatic carbocycles. The molecule has 0 aromatic heterocycles. The Morgan fingerprint density at radius 2 is 1.88 bits per heavy atom. The van der Waals surface area contributed by atoms with Crippen LogP contribution in [0.5, 0.6) is 5.75 Å². The molecule has 7 heteroatoms. The van der Waals surface area contributed by atoms with Crippen LogP contribution in [0.4, 0.5) is 5.69 Å². The Balaban J connectivity index is 1.86. The molecule has 0 spiro atoms. The zero-order valence-corrected chi connectivity index (χ0v) is 15.3. The summed E-state index contributed by atoms with van der Waals surface area (Å²) in [5.41, 5.74) is 4.23. The van der Waals surface area contributed by atoms with Crippen molar-refractivity contribution in [1.29, 1.82) is 0 Å². The number of hydrogen-bond donors (Lipinski definition) is 2. The number of carbonyl (C=O) groups is 2. The maximum Gasteiger partial charge on any atom is 0.329 e. The number of aryl methyl sites for hydroxylation is 1. The lowest BCUT2D eigenvalue weighted by Crippen LogP contribution is -2.32. The number of hydrogen-bond acceptors (Lipinski definition) is 4. The van der Waals surface area contributed by atoms with Crippen LogP contribution in [0.25, 0.3) is 0 Å². The van der Waals surface area contributed by atoms with Gasteiger partial charge in [-0.1, -0.05) is 18.5 Å². The van der Waals surface area contributed by atoms with Gasteiger partial charge >= 0.3 is 11.8 Å². The first kappa shape index (κ1) is 19.5. The van der Waals surface area contributed by atoms with E-state index in [0.717, 1.165) is 23.3 Å². The number of amides is 2. The fraction of sp³-hybridized carbons (Fsp3) is 0.211. The Morgan fingerprint density at radius 1 is 1.15 bits per heavy atom. The summed E-state index contributed by atoms with van der Waals surface area (Å²) < 4.78 is 5.48. The van der Waals surface area contributed by atoms with Gasteiger partial charge in [0, 0.05) is 10.7 Å². The van der Waals surface area contributed by atoms with Crippen LogP contribution in [-0.2, 0) is 9.59 Å². The minimum Gasteiger partial charge on any atom is -0.494 e. The number of halogens is 1. The van der Waals surface area contributed by atoms with Gasteiger partial charge in [-0.15, -0.1) is 0 Å². The summed E-state index contributed by atoms with van der Waals surface area (Å²) >= 11 is 5.86. The number of ether oxygens (including phenoxy) is 1. The summed E-state index contributed by atoms with van der Waals surface area (Å²) in [4.78, 5) is 23.7. The van der Waals surface area contributed by atoms with E-state index in [1.807, 2.05) is 19.1 Å². The van der Waals surface area contributed by atoms with E-state index in [1.54, 1.807) is 37.3 Å². The number of nitrogens with zero attached hydrogens (tertiary/aromatic N) is 1. The minimum atomic E-state index is -0.863. The topological polar surface area (TPSA) is 79.8 Å². The smallest absolute Gasteiger partial charge is 0.329 e. The highest BCUT2D eigenvalue weighted by atomic mass is 35.5. The molecular formula is C19H20ClN3O3.